The quantitative estimate of drug-likeness (QED) is 0.398. The minimum Gasteiger partial charge on any atom is -0.272 e. The van der Waals surface area contributed by atoms with Crippen LogP contribution in [0, 0.1) is 0 Å². The van der Waals surface area contributed by atoms with Gasteiger partial charge in [0.05, 0.1) is 0 Å². The van der Waals surface area contributed by atoms with Gasteiger partial charge in [-0.3, -0.25) is 9.59 Å². The van der Waals surface area contributed by atoms with Gasteiger partial charge in [-0.1, -0.05) is 0 Å². The summed E-state index contributed by atoms with van der Waals surface area (Å²) in [4.78, 5) is 21.9. The predicted molar refractivity (Wildman–Crippen MR) is 48.5 cm³/mol. The highest BCUT2D eigenvalue weighted by Gasteiger charge is 2.30. The Kier molecular flexibility index (Phi) is 3.50. The first kappa shape index (κ1) is 9.96. The van der Waals surface area contributed by atoms with Gasteiger partial charge in [-0.2, -0.15) is 4.28 Å². The lowest BCUT2D eigenvalue weighted by Crippen LogP contribution is -2.26. The van der Waals surface area contributed by atoms with Crippen LogP contribution in [-0.2, 0) is 13.9 Å². The van der Waals surface area contributed by atoms with Crippen LogP contribution in [0.15, 0.2) is 0 Å². The van der Waals surface area contributed by atoms with Crippen molar-refractivity contribution in [3.05, 3.63) is 0 Å². The fourth-order valence-corrected chi connectivity index (χ4v) is 1.71. The topological polar surface area (TPSA) is 46.6 Å². The van der Waals surface area contributed by atoms with Crippen molar-refractivity contribution in [3.63, 3.8) is 0 Å². The third-order valence-corrected chi connectivity index (χ3v) is 2.87. The molecule has 0 aromatic rings. The summed E-state index contributed by atoms with van der Waals surface area (Å²) in [6, 6.07) is 0. The van der Waals surface area contributed by atoms with Crippen LogP contribution < -0.4 is 0 Å². The molecule has 2 amide bonds. The molecule has 0 aromatic heterocycles. The number of hydrogen-bond donors (Lipinski definition) is 0. The van der Waals surface area contributed by atoms with E-state index in [2.05, 4.69) is 0 Å². The summed E-state index contributed by atoms with van der Waals surface area (Å²) >= 11 is 1.19. The second kappa shape index (κ2) is 4.21. The van der Waals surface area contributed by atoms with Crippen LogP contribution in [0.1, 0.15) is 12.8 Å². The molecule has 0 radical (unpaired) electrons. The molecule has 0 atom stereocenters. The number of carbonyl (C=O) groups excluding carboxylic acids is 2. The van der Waals surface area contributed by atoms with Gasteiger partial charge >= 0.3 is 0 Å². The van der Waals surface area contributed by atoms with E-state index < -0.39 is 0 Å². The number of hydroxylamine groups is 2. The molecule has 12 heavy (non-hydrogen) atoms. The highest BCUT2D eigenvalue weighted by Crippen LogP contribution is 2.43. The van der Waals surface area contributed by atoms with Gasteiger partial charge in [-0.15, -0.1) is 5.06 Å². The van der Waals surface area contributed by atoms with Crippen LogP contribution >= 0.6 is 18.8 Å². The van der Waals surface area contributed by atoms with E-state index in [0.29, 0.717) is 0 Å². The first-order valence-corrected chi connectivity index (χ1v) is 7.07. The Hall–Kier alpha value is -0.120. The number of nitrogens with zero attached hydrogens (tertiary/aromatic N) is 1. The molecule has 1 rings (SSSR count). The molecule has 1 saturated heterocycles. The van der Waals surface area contributed by atoms with Gasteiger partial charge in [0, 0.05) is 24.5 Å². The van der Waals surface area contributed by atoms with E-state index in [1.807, 2.05) is 13.3 Å². The molecular weight excluding hydrogens is 197 g/mol. The van der Waals surface area contributed by atoms with Crippen molar-refractivity contribution in [2.75, 3.05) is 13.3 Å². The smallest absolute Gasteiger partial charge is 0.255 e. The Morgan fingerprint density at radius 2 is 1.83 bits per heavy atom. The molecule has 1 aliphatic rings. The van der Waals surface area contributed by atoms with E-state index in [0.717, 1.165) is 5.06 Å². The van der Waals surface area contributed by atoms with Crippen LogP contribution in [0.2, 0.25) is 0 Å². The van der Waals surface area contributed by atoms with Gasteiger partial charge in [0.25, 0.3) is 11.8 Å². The molecule has 1 fully saturated rings. The maximum absolute atomic E-state index is 11.0. The predicted octanol–water partition coefficient (Wildman–Crippen LogP) is 1.37. The summed E-state index contributed by atoms with van der Waals surface area (Å²) in [6.45, 7) is 3.98. The first-order valence-electron chi connectivity index (χ1n) is 3.49. The summed E-state index contributed by atoms with van der Waals surface area (Å²) in [6.07, 6.45) is 0.565. The molecule has 0 bridgehead atoms. The van der Waals surface area contributed by atoms with E-state index in [4.69, 9.17) is 4.28 Å². The van der Waals surface area contributed by atoms with Crippen molar-refractivity contribution in [2.45, 2.75) is 12.8 Å². The van der Waals surface area contributed by atoms with Crippen molar-refractivity contribution >= 4 is 30.6 Å². The third-order valence-electron chi connectivity index (χ3n) is 1.26. The summed E-state index contributed by atoms with van der Waals surface area (Å²) in [5, 5.41) is 0.868. The van der Waals surface area contributed by atoms with Gasteiger partial charge in [0.1, 0.15) is 0 Å². The SMILES string of the molecule is CP(C)SON1C(=O)CCC1=O. The Morgan fingerprint density at radius 3 is 2.25 bits per heavy atom. The van der Waals surface area contributed by atoms with Gasteiger partial charge < -0.3 is 0 Å². The standard InChI is InChI=1S/C6H10NO3PS/c1-11(2)12-10-7-5(8)3-4-6(7)9/h3-4H2,1-2H3. The van der Waals surface area contributed by atoms with E-state index in [1.54, 1.807) is 0 Å². The molecule has 0 N–H and O–H groups in total. The first-order chi connectivity index (χ1) is 5.61. The zero-order chi connectivity index (χ0) is 9.14. The molecule has 1 aliphatic heterocycles. The minimum atomic E-state index is -0.306. The summed E-state index contributed by atoms with van der Waals surface area (Å²) in [7, 11) is -0.306. The maximum atomic E-state index is 11.0. The molecule has 6 heteroatoms. The fraction of sp³-hybridized carbons (Fsp3) is 0.667. The minimum absolute atomic E-state index is 0.232. The second-order valence-corrected chi connectivity index (χ2v) is 7.10. The van der Waals surface area contributed by atoms with E-state index in [1.165, 1.54) is 11.7 Å². The largest absolute Gasteiger partial charge is 0.272 e. The lowest BCUT2D eigenvalue weighted by molar-refractivity contribution is -0.161. The zero-order valence-corrected chi connectivity index (χ0v) is 8.65. The lowest BCUT2D eigenvalue weighted by Gasteiger charge is -2.12. The Labute approximate surface area is 76.3 Å². The number of hydrogen-bond acceptors (Lipinski definition) is 4. The average Bonchev–Trinajstić information content (AvgIpc) is 2.28. The highest BCUT2D eigenvalue weighted by molar-refractivity contribution is 8.52. The number of amides is 2. The summed E-state index contributed by atoms with van der Waals surface area (Å²) < 4.78 is 4.97. The monoisotopic (exact) mass is 207 g/mol. The van der Waals surface area contributed by atoms with E-state index >= 15 is 0 Å². The van der Waals surface area contributed by atoms with Crippen molar-refractivity contribution in [2.24, 2.45) is 0 Å². The molecular formula is C6H10NO3PS. The van der Waals surface area contributed by atoms with Crippen LogP contribution in [0.3, 0.4) is 0 Å². The zero-order valence-electron chi connectivity index (χ0n) is 6.94. The molecule has 0 spiro atoms. The van der Waals surface area contributed by atoms with Crippen molar-refractivity contribution < 1.29 is 13.9 Å². The van der Waals surface area contributed by atoms with Crippen molar-refractivity contribution in [3.8, 4) is 0 Å². The molecule has 1 heterocycles. The van der Waals surface area contributed by atoms with Crippen molar-refractivity contribution in [1.82, 2.24) is 5.06 Å². The van der Waals surface area contributed by atoms with Crippen LogP contribution in [0.4, 0.5) is 0 Å². The van der Waals surface area contributed by atoms with Crippen molar-refractivity contribution in [1.29, 1.82) is 0 Å². The summed E-state index contributed by atoms with van der Waals surface area (Å²) in [5.74, 6) is -0.464. The molecule has 68 valence electrons. The van der Waals surface area contributed by atoms with Gasteiger partial charge in [0.15, 0.2) is 0 Å². The Bertz CT molecular complexity index is 193. The fourth-order valence-electron chi connectivity index (χ4n) is 0.739. The Balaban J connectivity index is 2.40. The number of rotatable bonds is 3. The van der Waals surface area contributed by atoms with Gasteiger partial charge in [-0.25, -0.2) is 0 Å². The Morgan fingerprint density at radius 1 is 1.33 bits per heavy atom. The second-order valence-electron chi connectivity index (χ2n) is 2.54. The number of imide groups is 1. The third kappa shape index (κ3) is 2.44. The normalized spacial score (nSPS) is 18.1. The molecule has 4 nitrogen and oxygen atoms in total. The molecule has 0 unspecified atom stereocenters. The van der Waals surface area contributed by atoms with E-state index in [9.17, 15) is 9.59 Å². The highest BCUT2D eigenvalue weighted by atomic mass is 32.7. The van der Waals surface area contributed by atoms with Crippen LogP contribution in [0.25, 0.3) is 0 Å². The summed E-state index contributed by atoms with van der Waals surface area (Å²) in [5.41, 5.74) is 0. The number of carbonyl (C=O) groups is 2. The van der Waals surface area contributed by atoms with Crippen LogP contribution in [-0.4, -0.2) is 30.2 Å². The molecule has 0 aliphatic carbocycles. The molecule has 0 saturated carbocycles. The van der Waals surface area contributed by atoms with Crippen LogP contribution in [0.5, 0.6) is 0 Å². The van der Waals surface area contributed by atoms with Gasteiger partial charge in [0.2, 0.25) is 0 Å². The van der Waals surface area contributed by atoms with E-state index in [-0.39, 0.29) is 31.8 Å². The average molecular weight is 207 g/mol. The lowest BCUT2D eigenvalue weighted by atomic mass is 10.4. The maximum Gasteiger partial charge on any atom is 0.255 e. The van der Waals surface area contributed by atoms with Gasteiger partial charge in [-0.05, 0) is 20.5 Å². The molecule has 0 aromatic carbocycles.